The molecule has 1 heterocycles. The van der Waals surface area contributed by atoms with Gasteiger partial charge in [-0.2, -0.15) is 0 Å². The number of hydrogen-bond donors (Lipinski definition) is 3. The Labute approximate surface area is 134 Å². The zero-order valence-electron chi connectivity index (χ0n) is 14.0. The SMILES string of the molecule is CCC(O)C1CC(NCC2CCCCC2)CN(CC(N)=O)C1. The van der Waals surface area contributed by atoms with Gasteiger partial charge in [-0.1, -0.05) is 26.2 Å². The standard InChI is InChI=1S/C17H33N3O2/c1-2-16(21)14-8-15(11-20(10-14)12-17(18)22)19-9-13-6-4-3-5-7-13/h13-16,19,21H,2-12H2,1H3,(H2,18,22). The highest BCUT2D eigenvalue weighted by Gasteiger charge is 2.31. The number of rotatable bonds is 7. The summed E-state index contributed by atoms with van der Waals surface area (Å²) in [5.74, 6) is 0.759. The Kier molecular flexibility index (Phi) is 7.12. The molecule has 2 aliphatic rings. The van der Waals surface area contributed by atoms with Crippen molar-refractivity contribution in [2.24, 2.45) is 17.6 Å². The van der Waals surface area contributed by atoms with Gasteiger partial charge in [0.2, 0.25) is 5.91 Å². The first-order valence-electron chi connectivity index (χ1n) is 9.00. The number of nitrogens with two attached hydrogens (primary N) is 1. The zero-order chi connectivity index (χ0) is 15.9. The van der Waals surface area contributed by atoms with Gasteiger partial charge < -0.3 is 16.2 Å². The van der Waals surface area contributed by atoms with E-state index in [9.17, 15) is 9.90 Å². The molecule has 1 aliphatic carbocycles. The molecule has 2 fully saturated rings. The van der Waals surface area contributed by atoms with E-state index < -0.39 is 0 Å². The fourth-order valence-electron chi connectivity index (χ4n) is 4.07. The van der Waals surface area contributed by atoms with Crippen LogP contribution in [0.5, 0.6) is 0 Å². The largest absolute Gasteiger partial charge is 0.393 e. The van der Waals surface area contributed by atoms with Gasteiger partial charge in [0.1, 0.15) is 0 Å². The molecule has 3 unspecified atom stereocenters. The van der Waals surface area contributed by atoms with E-state index in [-0.39, 0.29) is 17.9 Å². The summed E-state index contributed by atoms with van der Waals surface area (Å²) in [6.45, 7) is 5.03. The summed E-state index contributed by atoms with van der Waals surface area (Å²) in [4.78, 5) is 13.3. The van der Waals surface area contributed by atoms with E-state index in [0.717, 1.165) is 38.4 Å². The highest BCUT2D eigenvalue weighted by Crippen LogP contribution is 2.25. The Balaban J connectivity index is 1.85. The Morgan fingerprint density at radius 3 is 2.68 bits per heavy atom. The minimum absolute atomic E-state index is 0.238. The molecule has 1 saturated heterocycles. The van der Waals surface area contributed by atoms with Crippen LogP contribution in [0.15, 0.2) is 0 Å². The van der Waals surface area contributed by atoms with Crippen LogP contribution in [0.1, 0.15) is 51.9 Å². The van der Waals surface area contributed by atoms with Crippen molar-refractivity contribution in [3.05, 3.63) is 0 Å². The molecule has 4 N–H and O–H groups in total. The van der Waals surface area contributed by atoms with Crippen LogP contribution in [-0.4, -0.2) is 54.2 Å². The van der Waals surface area contributed by atoms with E-state index in [0.29, 0.717) is 12.6 Å². The number of likely N-dealkylation sites (tertiary alicyclic amines) is 1. The maximum Gasteiger partial charge on any atom is 0.231 e. The molecule has 0 spiro atoms. The van der Waals surface area contributed by atoms with Gasteiger partial charge in [0.15, 0.2) is 0 Å². The summed E-state index contributed by atoms with van der Waals surface area (Å²) in [6.07, 6.45) is 8.27. The van der Waals surface area contributed by atoms with Crippen LogP contribution >= 0.6 is 0 Å². The van der Waals surface area contributed by atoms with Crippen LogP contribution in [-0.2, 0) is 4.79 Å². The molecule has 0 radical (unpaired) electrons. The molecule has 0 bridgehead atoms. The Morgan fingerprint density at radius 1 is 1.32 bits per heavy atom. The van der Waals surface area contributed by atoms with Crippen molar-refractivity contribution in [3.63, 3.8) is 0 Å². The van der Waals surface area contributed by atoms with Gasteiger partial charge in [0, 0.05) is 19.1 Å². The highest BCUT2D eigenvalue weighted by molar-refractivity contribution is 5.75. The second kappa shape index (κ2) is 8.85. The number of piperidine rings is 1. The number of aliphatic hydroxyl groups is 1. The summed E-state index contributed by atoms with van der Waals surface area (Å²) in [6, 6.07) is 0.362. The first-order chi connectivity index (χ1) is 10.6. The van der Waals surface area contributed by atoms with E-state index in [2.05, 4.69) is 10.2 Å². The molecule has 3 atom stereocenters. The normalized spacial score (nSPS) is 29.4. The van der Waals surface area contributed by atoms with Gasteiger partial charge in [-0.15, -0.1) is 0 Å². The van der Waals surface area contributed by atoms with E-state index in [1.165, 1.54) is 32.1 Å². The molecule has 1 amide bonds. The monoisotopic (exact) mass is 311 g/mol. The lowest BCUT2D eigenvalue weighted by molar-refractivity contribution is -0.120. The van der Waals surface area contributed by atoms with Crippen molar-refractivity contribution >= 4 is 5.91 Å². The quantitative estimate of drug-likeness (QED) is 0.658. The molecular weight excluding hydrogens is 278 g/mol. The van der Waals surface area contributed by atoms with Crippen molar-refractivity contribution in [3.8, 4) is 0 Å². The second-order valence-electron chi connectivity index (χ2n) is 7.24. The average molecular weight is 311 g/mol. The number of nitrogens with zero attached hydrogens (tertiary/aromatic N) is 1. The number of amides is 1. The predicted octanol–water partition coefficient (Wildman–Crippen LogP) is 1.10. The molecule has 5 nitrogen and oxygen atoms in total. The summed E-state index contributed by atoms with van der Waals surface area (Å²) in [7, 11) is 0. The van der Waals surface area contributed by atoms with Crippen molar-refractivity contribution in [2.75, 3.05) is 26.2 Å². The van der Waals surface area contributed by atoms with Crippen LogP contribution in [0, 0.1) is 11.8 Å². The summed E-state index contributed by atoms with van der Waals surface area (Å²) < 4.78 is 0. The van der Waals surface area contributed by atoms with Gasteiger partial charge >= 0.3 is 0 Å². The third-order valence-electron chi connectivity index (χ3n) is 5.32. The Morgan fingerprint density at radius 2 is 2.05 bits per heavy atom. The molecule has 0 aromatic heterocycles. The number of carbonyl (C=O) groups excluding carboxylic acids is 1. The maximum absolute atomic E-state index is 11.2. The van der Waals surface area contributed by atoms with Crippen LogP contribution in [0.2, 0.25) is 0 Å². The fourth-order valence-corrected chi connectivity index (χ4v) is 4.07. The van der Waals surface area contributed by atoms with E-state index in [4.69, 9.17) is 5.73 Å². The van der Waals surface area contributed by atoms with E-state index >= 15 is 0 Å². The molecular formula is C17H33N3O2. The lowest BCUT2D eigenvalue weighted by Crippen LogP contribution is -2.54. The summed E-state index contributed by atoms with van der Waals surface area (Å²) >= 11 is 0. The van der Waals surface area contributed by atoms with Crippen LogP contribution in [0.25, 0.3) is 0 Å². The third kappa shape index (κ3) is 5.52. The number of hydrogen-bond acceptors (Lipinski definition) is 4. The molecule has 1 saturated carbocycles. The van der Waals surface area contributed by atoms with Gasteiger partial charge in [0.05, 0.1) is 12.6 Å². The van der Waals surface area contributed by atoms with E-state index in [1.54, 1.807) is 0 Å². The number of nitrogens with one attached hydrogen (secondary N) is 1. The lowest BCUT2D eigenvalue weighted by Gasteiger charge is -2.40. The highest BCUT2D eigenvalue weighted by atomic mass is 16.3. The second-order valence-corrected chi connectivity index (χ2v) is 7.24. The van der Waals surface area contributed by atoms with Gasteiger partial charge in [0.25, 0.3) is 0 Å². The fraction of sp³-hybridized carbons (Fsp3) is 0.941. The van der Waals surface area contributed by atoms with Crippen LogP contribution < -0.4 is 11.1 Å². The molecule has 22 heavy (non-hydrogen) atoms. The first-order valence-corrected chi connectivity index (χ1v) is 9.00. The summed E-state index contributed by atoms with van der Waals surface area (Å²) in [5.41, 5.74) is 5.35. The molecule has 5 heteroatoms. The van der Waals surface area contributed by atoms with Gasteiger partial charge in [-0.25, -0.2) is 0 Å². The third-order valence-corrected chi connectivity index (χ3v) is 5.32. The zero-order valence-corrected chi connectivity index (χ0v) is 14.0. The number of carbonyl (C=O) groups is 1. The first kappa shape index (κ1) is 17.7. The van der Waals surface area contributed by atoms with Crippen LogP contribution in [0.4, 0.5) is 0 Å². The van der Waals surface area contributed by atoms with Crippen LogP contribution in [0.3, 0.4) is 0 Å². The van der Waals surface area contributed by atoms with Gasteiger partial charge in [-0.05, 0) is 44.1 Å². The Hall–Kier alpha value is -0.650. The molecule has 0 aromatic rings. The minimum atomic E-state index is -0.283. The van der Waals surface area contributed by atoms with Gasteiger partial charge in [-0.3, -0.25) is 9.69 Å². The van der Waals surface area contributed by atoms with Crippen molar-refractivity contribution < 1.29 is 9.90 Å². The maximum atomic E-state index is 11.2. The summed E-state index contributed by atoms with van der Waals surface area (Å²) in [5, 5.41) is 13.9. The molecule has 1 aliphatic heterocycles. The van der Waals surface area contributed by atoms with E-state index in [1.807, 2.05) is 6.92 Å². The van der Waals surface area contributed by atoms with Crippen molar-refractivity contribution in [1.29, 1.82) is 0 Å². The number of primary amides is 1. The minimum Gasteiger partial charge on any atom is -0.393 e. The molecule has 0 aromatic carbocycles. The molecule has 128 valence electrons. The smallest absolute Gasteiger partial charge is 0.231 e. The topological polar surface area (TPSA) is 78.6 Å². The average Bonchev–Trinajstić information content (AvgIpc) is 2.52. The molecule has 2 rings (SSSR count). The van der Waals surface area contributed by atoms with Crippen molar-refractivity contribution in [2.45, 2.75) is 64.0 Å². The number of aliphatic hydroxyl groups excluding tert-OH is 1. The lowest BCUT2D eigenvalue weighted by atomic mass is 9.86. The predicted molar refractivity (Wildman–Crippen MR) is 88.4 cm³/mol. The Bertz CT molecular complexity index is 345. The van der Waals surface area contributed by atoms with Crippen molar-refractivity contribution in [1.82, 2.24) is 10.2 Å².